The van der Waals surface area contributed by atoms with Crippen LogP contribution in [-0.2, 0) is 5.75 Å². The van der Waals surface area contributed by atoms with E-state index in [0.29, 0.717) is 16.6 Å². The van der Waals surface area contributed by atoms with Gasteiger partial charge in [0.25, 0.3) is 0 Å². The Morgan fingerprint density at radius 3 is 2.50 bits per heavy atom. The van der Waals surface area contributed by atoms with E-state index in [1.807, 2.05) is 20.8 Å². The fourth-order valence-electron chi connectivity index (χ4n) is 1.59. The highest BCUT2D eigenvalue weighted by Gasteiger charge is 2.13. The van der Waals surface area contributed by atoms with Crippen molar-refractivity contribution in [3.05, 3.63) is 40.7 Å². The Kier molecular flexibility index (Phi) is 4.29. The van der Waals surface area contributed by atoms with Crippen molar-refractivity contribution in [2.24, 2.45) is 0 Å². The second-order valence-electron chi connectivity index (χ2n) is 4.28. The molecular weight excluding hydrogens is 276 g/mol. The van der Waals surface area contributed by atoms with E-state index in [0.717, 1.165) is 17.0 Å². The third-order valence-corrected chi connectivity index (χ3v) is 3.83. The van der Waals surface area contributed by atoms with Crippen LogP contribution in [-0.4, -0.2) is 31.0 Å². The number of carboxylic acids is 1. The lowest BCUT2D eigenvalue weighted by Crippen LogP contribution is -2.05. The molecule has 2 heterocycles. The molecule has 7 heteroatoms. The van der Waals surface area contributed by atoms with Gasteiger partial charge in [0.2, 0.25) is 0 Å². The largest absolute Gasteiger partial charge is 0.478 e. The van der Waals surface area contributed by atoms with Gasteiger partial charge in [-0.1, -0.05) is 11.8 Å². The predicted octanol–water partition coefficient (Wildman–Crippen LogP) is 2.18. The summed E-state index contributed by atoms with van der Waals surface area (Å²) in [4.78, 5) is 27.6. The van der Waals surface area contributed by atoms with Gasteiger partial charge in [0.05, 0.1) is 5.69 Å². The third-order valence-electron chi connectivity index (χ3n) is 2.98. The number of rotatable bonds is 4. The molecule has 0 aromatic carbocycles. The minimum absolute atomic E-state index is 0.112. The maximum atomic E-state index is 11.1. The van der Waals surface area contributed by atoms with E-state index in [1.165, 1.54) is 24.3 Å². The molecule has 104 valence electrons. The zero-order chi connectivity index (χ0) is 14.7. The molecular formula is C13H14N4O2S. The summed E-state index contributed by atoms with van der Waals surface area (Å²) in [6.07, 6.45) is 2.65. The van der Waals surface area contributed by atoms with Gasteiger partial charge in [0.15, 0.2) is 5.16 Å². The van der Waals surface area contributed by atoms with Crippen LogP contribution in [0.25, 0.3) is 0 Å². The molecule has 0 saturated carbocycles. The number of thioether (sulfide) groups is 1. The monoisotopic (exact) mass is 290 g/mol. The van der Waals surface area contributed by atoms with Gasteiger partial charge < -0.3 is 5.11 Å². The van der Waals surface area contributed by atoms with Gasteiger partial charge in [0, 0.05) is 23.3 Å². The van der Waals surface area contributed by atoms with Crippen molar-refractivity contribution in [1.82, 2.24) is 19.9 Å². The van der Waals surface area contributed by atoms with Crippen LogP contribution in [0.3, 0.4) is 0 Å². The fourth-order valence-corrected chi connectivity index (χ4v) is 2.49. The van der Waals surface area contributed by atoms with Crippen LogP contribution >= 0.6 is 11.8 Å². The SMILES string of the molecule is Cc1nc(SCc2ncncc2C(=O)O)nc(C)c1C. The fraction of sp³-hybridized carbons (Fsp3) is 0.308. The summed E-state index contributed by atoms with van der Waals surface area (Å²) in [5.41, 5.74) is 3.52. The van der Waals surface area contributed by atoms with E-state index < -0.39 is 5.97 Å². The smallest absolute Gasteiger partial charge is 0.339 e. The van der Waals surface area contributed by atoms with Crippen LogP contribution < -0.4 is 0 Å². The topological polar surface area (TPSA) is 88.9 Å². The Labute approximate surface area is 120 Å². The molecule has 20 heavy (non-hydrogen) atoms. The van der Waals surface area contributed by atoms with Crippen LogP contribution in [0.15, 0.2) is 17.7 Å². The van der Waals surface area contributed by atoms with Crippen molar-refractivity contribution in [2.75, 3.05) is 0 Å². The maximum Gasteiger partial charge on any atom is 0.339 e. The summed E-state index contributed by atoms with van der Waals surface area (Å²) in [5.74, 6) is -0.634. The van der Waals surface area contributed by atoms with E-state index in [9.17, 15) is 4.79 Å². The molecule has 0 amide bonds. The molecule has 0 unspecified atom stereocenters. The lowest BCUT2D eigenvalue weighted by atomic mass is 10.2. The molecule has 0 aliphatic heterocycles. The van der Waals surface area contributed by atoms with E-state index in [-0.39, 0.29) is 5.56 Å². The molecule has 0 bridgehead atoms. The highest BCUT2D eigenvalue weighted by atomic mass is 32.2. The molecule has 0 aliphatic carbocycles. The van der Waals surface area contributed by atoms with Crippen molar-refractivity contribution in [1.29, 1.82) is 0 Å². The lowest BCUT2D eigenvalue weighted by Gasteiger charge is -2.07. The molecule has 2 rings (SSSR count). The number of aromatic carboxylic acids is 1. The number of carboxylic acid groups (broad SMARTS) is 1. The minimum atomic E-state index is -1.03. The molecule has 0 atom stereocenters. The molecule has 0 fully saturated rings. The summed E-state index contributed by atoms with van der Waals surface area (Å²) in [6.45, 7) is 5.84. The zero-order valence-corrected chi connectivity index (χ0v) is 12.2. The highest BCUT2D eigenvalue weighted by molar-refractivity contribution is 7.98. The first-order valence-corrected chi connectivity index (χ1v) is 6.94. The first-order chi connectivity index (χ1) is 9.49. The number of aryl methyl sites for hydroxylation is 2. The predicted molar refractivity (Wildman–Crippen MR) is 74.8 cm³/mol. The molecule has 0 aliphatic rings. The highest BCUT2D eigenvalue weighted by Crippen LogP contribution is 2.21. The average molecular weight is 290 g/mol. The normalized spacial score (nSPS) is 10.6. The Bertz CT molecular complexity index is 638. The number of carbonyl (C=O) groups is 1. The van der Waals surface area contributed by atoms with Crippen LogP contribution in [0, 0.1) is 20.8 Å². The second kappa shape index (κ2) is 5.96. The van der Waals surface area contributed by atoms with Crippen molar-refractivity contribution in [3.8, 4) is 0 Å². The van der Waals surface area contributed by atoms with E-state index in [4.69, 9.17) is 5.11 Å². The Balaban J connectivity index is 2.19. The maximum absolute atomic E-state index is 11.1. The molecule has 2 aromatic heterocycles. The number of hydrogen-bond donors (Lipinski definition) is 1. The number of hydrogen-bond acceptors (Lipinski definition) is 6. The van der Waals surface area contributed by atoms with E-state index in [1.54, 1.807) is 0 Å². The van der Waals surface area contributed by atoms with Crippen LogP contribution in [0.4, 0.5) is 0 Å². The van der Waals surface area contributed by atoms with Gasteiger partial charge in [-0.25, -0.2) is 24.7 Å². The Morgan fingerprint density at radius 2 is 1.90 bits per heavy atom. The van der Waals surface area contributed by atoms with Gasteiger partial charge in [-0.2, -0.15) is 0 Å². The number of aromatic nitrogens is 4. The number of nitrogens with zero attached hydrogens (tertiary/aromatic N) is 4. The van der Waals surface area contributed by atoms with Gasteiger partial charge in [-0.15, -0.1) is 0 Å². The van der Waals surface area contributed by atoms with Crippen LogP contribution in [0.2, 0.25) is 0 Å². The molecule has 1 N–H and O–H groups in total. The second-order valence-corrected chi connectivity index (χ2v) is 5.22. The molecule has 2 aromatic rings. The molecule has 0 saturated heterocycles. The van der Waals surface area contributed by atoms with E-state index >= 15 is 0 Å². The standard InChI is InChI=1S/C13H14N4O2S/c1-7-8(2)16-13(17-9(7)3)20-5-11-10(12(18)19)4-14-6-15-11/h4,6H,5H2,1-3H3,(H,18,19). The zero-order valence-electron chi connectivity index (χ0n) is 11.4. The van der Waals surface area contributed by atoms with Crippen molar-refractivity contribution in [3.63, 3.8) is 0 Å². The lowest BCUT2D eigenvalue weighted by molar-refractivity contribution is 0.0695. The quantitative estimate of drug-likeness (QED) is 0.682. The molecule has 0 radical (unpaired) electrons. The summed E-state index contributed by atoms with van der Waals surface area (Å²) in [7, 11) is 0. The third kappa shape index (κ3) is 3.11. The van der Waals surface area contributed by atoms with Crippen molar-refractivity contribution >= 4 is 17.7 Å². The minimum Gasteiger partial charge on any atom is -0.478 e. The molecule has 6 nitrogen and oxygen atoms in total. The Hall–Kier alpha value is -2.02. The first kappa shape index (κ1) is 14.4. The Morgan fingerprint density at radius 1 is 1.25 bits per heavy atom. The van der Waals surface area contributed by atoms with Crippen molar-refractivity contribution in [2.45, 2.75) is 31.7 Å². The van der Waals surface area contributed by atoms with Crippen LogP contribution in [0.1, 0.15) is 33.0 Å². The van der Waals surface area contributed by atoms with Gasteiger partial charge in [0.1, 0.15) is 11.9 Å². The molecule has 0 spiro atoms. The summed E-state index contributed by atoms with van der Waals surface area (Å²) in [5, 5.41) is 9.69. The van der Waals surface area contributed by atoms with Gasteiger partial charge in [-0.05, 0) is 26.3 Å². The van der Waals surface area contributed by atoms with Crippen molar-refractivity contribution < 1.29 is 9.90 Å². The van der Waals surface area contributed by atoms with Gasteiger partial charge >= 0.3 is 5.97 Å². The van der Waals surface area contributed by atoms with Gasteiger partial charge in [-0.3, -0.25) is 0 Å². The van der Waals surface area contributed by atoms with Crippen LogP contribution in [0.5, 0.6) is 0 Å². The summed E-state index contributed by atoms with van der Waals surface area (Å²) < 4.78 is 0. The average Bonchev–Trinajstić information content (AvgIpc) is 2.42. The first-order valence-electron chi connectivity index (χ1n) is 5.96. The van der Waals surface area contributed by atoms with E-state index in [2.05, 4.69) is 19.9 Å². The summed E-state index contributed by atoms with van der Waals surface area (Å²) in [6, 6.07) is 0. The summed E-state index contributed by atoms with van der Waals surface area (Å²) >= 11 is 1.37.